The van der Waals surface area contributed by atoms with Gasteiger partial charge in [0.25, 0.3) is 0 Å². The molecule has 1 nitrogen and oxygen atoms in total. The van der Waals surface area contributed by atoms with Crippen LogP contribution in [0.5, 0.6) is 5.75 Å². The molecule has 0 fully saturated rings. The molecule has 0 aromatic heterocycles. The fraction of sp³-hybridized carbons (Fsp3) is 0.0556. The summed E-state index contributed by atoms with van der Waals surface area (Å²) >= 11 is 0. The van der Waals surface area contributed by atoms with Crippen LogP contribution in [0.15, 0.2) is 133 Å². The highest BCUT2D eigenvalue weighted by Crippen LogP contribution is 2.51. The molecule has 2 aliphatic rings. The molecule has 0 saturated heterocycles. The predicted molar refractivity (Wildman–Crippen MR) is 155 cm³/mol. The zero-order valence-electron chi connectivity index (χ0n) is 20.3. The summed E-state index contributed by atoms with van der Waals surface area (Å²) in [7, 11) is 0. The van der Waals surface area contributed by atoms with Crippen molar-refractivity contribution in [2.75, 3.05) is 0 Å². The summed E-state index contributed by atoms with van der Waals surface area (Å²) in [6, 6.07) is 39.7. The number of allylic oxidation sites excluding steroid dienone is 2. The van der Waals surface area contributed by atoms with E-state index in [1.807, 2.05) is 0 Å². The van der Waals surface area contributed by atoms with Crippen LogP contribution >= 0.6 is 0 Å². The lowest BCUT2D eigenvalue weighted by atomic mass is 9.81. The molecule has 174 valence electrons. The largest absolute Gasteiger partial charge is 0.485 e. The first-order valence-corrected chi connectivity index (χ1v) is 12.9. The molecule has 8 rings (SSSR count). The van der Waals surface area contributed by atoms with Gasteiger partial charge in [0.2, 0.25) is 0 Å². The van der Waals surface area contributed by atoms with E-state index in [1.54, 1.807) is 0 Å². The highest BCUT2D eigenvalue weighted by molar-refractivity contribution is 6.23. The first kappa shape index (κ1) is 20.6. The van der Waals surface area contributed by atoms with Crippen molar-refractivity contribution in [1.29, 1.82) is 0 Å². The molecule has 0 N–H and O–H groups in total. The maximum atomic E-state index is 6.40. The highest BCUT2D eigenvalue weighted by atomic mass is 16.5. The lowest BCUT2D eigenvalue weighted by molar-refractivity contribution is 0.269. The van der Waals surface area contributed by atoms with Crippen molar-refractivity contribution in [2.45, 2.75) is 12.0 Å². The molecule has 2 unspecified atom stereocenters. The molecule has 0 amide bonds. The van der Waals surface area contributed by atoms with Crippen molar-refractivity contribution in [3.05, 3.63) is 139 Å². The van der Waals surface area contributed by atoms with E-state index >= 15 is 0 Å². The van der Waals surface area contributed by atoms with Gasteiger partial charge in [0.1, 0.15) is 11.9 Å². The Balaban J connectivity index is 1.52. The maximum absolute atomic E-state index is 6.40. The van der Waals surface area contributed by atoms with E-state index in [9.17, 15) is 0 Å². The van der Waals surface area contributed by atoms with Crippen LogP contribution in [0.4, 0.5) is 0 Å². The third kappa shape index (κ3) is 2.98. The molecule has 6 aromatic rings. The van der Waals surface area contributed by atoms with Crippen LogP contribution in [0.2, 0.25) is 0 Å². The van der Waals surface area contributed by atoms with E-state index in [2.05, 4.69) is 133 Å². The fourth-order valence-electron chi connectivity index (χ4n) is 6.47. The Morgan fingerprint density at radius 3 is 1.73 bits per heavy atom. The third-order valence-electron chi connectivity index (χ3n) is 8.01. The first-order valence-electron chi connectivity index (χ1n) is 12.9. The Morgan fingerprint density at radius 1 is 0.459 bits per heavy atom. The number of benzene rings is 6. The first-order chi connectivity index (χ1) is 18.4. The average molecular weight is 473 g/mol. The van der Waals surface area contributed by atoms with E-state index in [1.165, 1.54) is 60.1 Å². The third-order valence-corrected chi connectivity index (χ3v) is 8.01. The molecular formula is C36H24O. The predicted octanol–water partition coefficient (Wildman–Crippen LogP) is 9.45. The molecule has 0 bridgehead atoms. The van der Waals surface area contributed by atoms with Gasteiger partial charge in [0.05, 0.1) is 0 Å². The Morgan fingerprint density at radius 2 is 1.00 bits per heavy atom. The number of ether oxygens (including phenoxy) is 1. The molecule has 1 heteroatoms. The second kappa shape index (κ2) is 7.94. The van der Waals surface area contributed by atoms with E-state index in [-0.39, 0.29) is 12.0 Å². The molecule has 0 saturated carbocycles. The summed E-state index contributed by atoms with van der Waals surface area (Å²) in [5, 5.41) is 7.65. The zero-order valence-corrected chi connectivity index (χ0v) is 20.3. The second-order valence-corrected chi connectivity index (χ2v) is 9.96. The molecule has 37 heavy (non-hydrogen) atoms. The van der Waals surface area contributed by atoms with E-state index in [4.69, 9.17) is 4.74 Å². The molecule has 1 aliphatic heterocycles. The number of hydrogen-bond acceptors (Lipinski definition) is 1. The zero-order chi connectivity index (χ0) is 24.3. The van der Waals surface area contributed by atoms with Gasteiger partial charge in [-0.05, 0) is 66.7 Å². The van der Waals surface area contributed by atoms with Crippen molar-refractivity contribution < 1.29 is 4.74 Å². The molecule has 1 aliphatic carbocycles. The summed E-state index contributed by atoms with van der Waals surface area (Å²) in [5.74, 6) is 1.22. The summed E-state index contributed by atoms with van der Waals surface area (Å²) in [5.41, 5.74) is 6.43. The van der Waals surface area contributed by atoms with Crippen LogP contribution < -0.4 is 4.74 Å². The van der Waals surface area contributed by atoms with Crippen molar-refractivity contribution in [3.63, 3.8) is 0 Å². The Kier molecular flexibility index (Phi) is 4.41. The molecule has 1 heterocycles. The minimum atomic E-state index is 0.0636. The highest BCUT2D eigenvalue weighted by Gasteiger charge is 2.35. The SMILES string of the molecule is C1=CC2Oc3cccc(-c4c5ccccc5c(-c5cccc6ccccc56)c5ccccc45)c3C2C=C1. The van der Waals surface area contributed by atoms with E-state index in [0.29, 0.717) is 0 Å². The van der Waals surface area contributed by atoms with Crippen molar-refractivity contribution in [2.24, 2.45) is 0 Å². The van der Waals surface area contributed by atoms with Gasteiger partial charge in [-0.3, -0.25) is 0 Å². The van der Waals surface area contributed by atoms with Gasteiger partial charge >= 0.3 is 0 Å². The Hall–Kier alpha value is -4.62. The smallest absolute Gasteiger partial charge is 0.128 e. The van der Waals surface area contributed by atoms with Gasteiger partial charge in [-0.15, -0.1) is 0 Å². The molecule has 6 aromatic carbocycles. The van der Waals surface area contributed by atoms with Gasteiger partial charge in [0, 0.05) is 11.5 Å². The van der Waals surface area contributed by atoms with E-state index in [0.717, 1.165) is 5.75 Å². The van der Waals surface area contributed by atoms with Crippen LogP contribution in [0.3, 0.4) is 0 Å². The van der Waals surface area contributed by atoms with Gasteiger partial charge in [-0.2, -0.15) is 0 Å². The number of rotatable bonds is 2. The maximum Gasteiger partial charge on any atom is 0.128 e. The standard InChI is InChI=1S/C36H24O/c1-2-13-24-23(11-1)12-9-19-25(24)34-26-14-3-5-16-28(26)35(29-17-6-4-15-27(29)34)31-20-10-22-33-36(31)30-18-7-8-21-32(30)37-33/h1-22,30,32H. The van der Waals surface area contributed by atoms with Crippen LogP contribution in [0.1, 0.15) is 11.5 Å². The number of fused-ring (bicyclic) bond motifs is 6. The van der Waals surface area contributed by atoms with Crippen molar-refractivity contribution >= 4 is 32.3 Å². The van der Waals surface area contributed by atoms with Gasteiger partial charge in [-0.1, -0.05) is 121 Å². The normalized spacial score (nSPS) is 17.7. The number of hydrogen-bond donors (Lipinski definition) is 0. The summed E-state index contributed by atoms with van der Waals surface area (Å²) < 4.78 is 6.40. The summed E-state index contributed by atoms with van der Waals surface area (Å²) in [6.45, 7) is 0. The fourth-order valence-corrected chi connectivity index (χ4v) is 6.47. The lowest BCUT2D eigenvalue weighted by Crippen LogP contribution is -2.15. The van der Waals surface area contributed by atoms with Crippen LogP contribution in [-0.2, 0) is 0 Å². The van der Waals surface area contributed by atoms with Gasteiger partial charge in [-0.25, -0.2) is 0 Å². The van der Waals surface area contributed by atoms with Crippen LogP contribution in [-0.4, -0.2) is 6.10 Å². The minimum Gasteiger partial charge on any atom is -0.485 e. The van der Waals surface area contributed by atoms with Crippen molar-refractivity contribution in [1.82, 2.24) is 0 Å². The quantitative estimate of drug-likeness (QED) is 0.228. The second-order valence-electron chi connectivity index (χ2n) is 9.96. The van der Waals surface area contributed by atoms with Crippen LogP contribution in [0.25, 0.3) is 54.6 Å². The molecule has 0 radical (unpaired) electrons. The topological polar surface area (TPSA) is 9.23 Å². The molecular weight excluding hydrogens is 448 g/mol. The molecule has 0 spiro atoms. The summed E-state index contributed by atoms with van der Waals surface area (Å²) in [4.78, 5) is 0. The monoisotopic (exact) mass is 472 g/mol. The van der Waals surface area contributed by atoms with Gasteiger partial charge in [0.15, 0.2) is 0 Å². The van der Waals surface area contributed by atoms with E-state index < -0.39 is 0 Å². The average Bonchev–Trinajstić information content (AvgIpc) is 3.35. The molecule has 2 atom stereocenters. The van der Waals surface area contributed by atoms with Crippen LogP contribution in [0, 0.1) is 0 Å². The van der Waals surface area contributed by atoms with Gasteiger partial charge < -0.3 is 4.74 Å². The summed E-state index contributed by atoms with van der Waals surface area (Å²) in [6.07, 6.45) is 8.77. The van der Waals surface area contributed by atoms with Crippen molar-refractivity contribution in [3.8, 4) is 28.0 Å². The lowest BCUT2D eigenvalue weighted by Gasteiger charge is -2.21. The Bertz CT molecular complexity index is 1860. The Labute approximate surface area is 216 Å². The minimum absolute atomic E-state index is 0.0636.